The lowest BCUT2D eigenvalue weighted by Crippen LogP contribution is -2.30. The first-order valence-corrected chi connectivity index (χ1v) is 8.27. The number of aryl methyl sites for hydroxylation is 1. The van der Waals surface area contributed by atoms with Crippen LogP contribution in [-0.4, -0.2) is 19.0 Å². The van der Waals surface area contributed by atoms with Gasteiger partial charge in [-0.1, -0.05) is 12.1 Å². The Kier molecular flexibility index (Phi) is 4.25. The second-order valence-corrected chi connectivity index (χ2v) is 6.72. The summed E-state index contributed by atoms with van der Waals surface area (Å²) < 4.78 is 0. The van der Waals surface area contributed by atoms with Crippen molar-refractivity contribution in [2.75, 3.05) is 23.3 Å². The van der Waals surface area contributed by atoms with E-state index in [1.807, 2.05) is 37.3 Å². The van der Waals surface area contributed by atoms with Gasteiger partial charge < -0.3 is 10.2 Å². The summed E-state index contributed by atoms with van der Waals surface area (Å²) in [5, 5.41) is 3.07. The molecule has 2 heterocycles. The normalized spacial score (nSPS) is 15.0. The molecule has 1 saturated heterocycles. The number of benzene rings is 1. The van der Waals surface area contributed by atoms with Crippen molar-refractivity contribution in [2.45, 2.75) is 26.2 Å². The zero-order chi connectivity index (χ0) is 14.7. The number of carbonyl (C=O) groups excluding carboxylic acids is 1. The zero-order valence-electron chi connectivity index (χ0n) is 12.3. The smallest absolute Gasteiger partial charge is 0.265 e. The highest BCUT2D eigenvalue weighted by atomic mass is 32.1. The number of hydrogen-bond acceptors (Lipinski definition) is 3. The van der Waals surface area contributed by atoms with Crippen LogP contribution in [0.5, 0.6) is 0 Å². The largest absolute Gasteiger partial charge is 0.370 e. The molecule has 3 nitrogen and oxygen atoms in total. The number of para-hydroxylation sites is 2. The number of anilines is 2. The van der Waals surface area contributed by atoms with Crippen molar-refractivity contribution in [3.05, 3.63) is 46.2 Å². The number of hydrogen-bond donors (Lipinski definition) is 1. The summed E-state index contributed by atoms with van der Waals surface area (Å²) >= 11 is 1.53. The van der Waals surface area contributed by atoms with Crippen molar-refractivity contribution in [1.29, 1.82) is 0 Å². The van der Waals surface area contributed by atoms with E-state index in [0.29, 0.717) is 0 Å². The number of thiophene rings is 1. The van der Waals surface area contributed by atoms with Crippen LogP contribution >= 0.6 is 11.3 Å². The topological polar surface area (TPSA) is 32.3 Å². The lowest BCUT2D eigenvalue weighted by Gasteiger charge is -2.30. The molecule has 1 N–H and O–H groups in total. The maximum atomic E-state index is 12.3. The second-order valence-electron chi connectivity index (χ2n) is 5.43. The molecule has 1 aromatic heterocycles. The van der Waals surface area contributed by atoms with Gasteiger partial charge in [-0.2, -0.15) is 0 Å². The summed E-state index contributed by atoms with van der Waals surface area (Å²) in [5.74, 6) is -0.0161. The molecule has 1 amide bonds. The molecular formula is C17H20N2OS. The van der Waals surface area contributed by atoms with Gasteiger partial charge in [0.15, 0.2) is 0 Å². The van der Waals surface area contributed by atoms with Crippen molar-refractivity contribution < 1.29 is 4.79 Å². The first kappa shape index (κ1) is 14.1. The van der Waals surface area contributed by atoms with Crippen LogP contribution in [0.3, 0.4) is 0 Å². The molecule has 0 saturated carbocycles. The quantitative estimate of drug-likeness (QED) is 0.916. The third kappa shape index (κ3) is 3.27. The molecule has 0 bridgehead atoms. The molecule has 0 atom stereocenters. The molecular weight excluding hydrogens is 280 g/mol. The molecule has 1 aliphatic heterocycles. The van der Waals surface area contributed by atoms with Gasteiger partial charge >= 0.3 is 0 Å². The van der Waals surface area contributed by atoms with E-state index in [2.05, 4.69) is 16.3 Å². The van der Waals surface area contributed by atoms with Gasteiger partial charge in [0.2, 0.25) is 0 Å². The molecule has 3 rings (SSSR count). The number of amides is 1. The summed E-state index contributed by atoms with van der Waals surface area (Å²) in [6, 6.07) is 12.0. The number of carbonyl (C=O) groups is 1. The van der Waals surface area contributed by atoms with E-state index in [1.165, 1.54) is 30.6 Å². The molecule has 0 unspecified atom stereocenters. The minimum absolute atomic E-state index is 0.0161. The molecule has 1 aliphatic rings. The molecule has 110 valence electrons. The molecule has 0 spiro atoms. The van der Waals surface area contributed by atoms with Crippen molar-refractivity contribution >= 4 is 28.6 Å². The summed E-state index contributed by atoms with van der Waals surface area (Å²) in [7, 11) is 0. The van der Waals surface area contributed by atoms with Gasteiger partial charge in [-0.15, -0.1) is 11.3 Å². The minimum atomic E-state index is -0.0161. The Morgan fingerprint density at radius 3 is 2.57 bits per heavy atom. The Morgan fingerprint density at radius 2 is 1.86 bits per heavy atom. The molecule has 21 heavy (non-hydrogen) atoms. The van der Waals surface area contributed by atoms with Crippen LogP contribution in [0.25, 0.3) is 0 Å². The van der Waals surface area contributed by atoms with Gasteiger partial charge in [-0.25, -0.2) is 0 Å². The van der Waals surface area contributed by atoms with Crippen LogP contribution in [0, 0.1) is 6.92 Å². The van der Waals surface area contributed by atoms with E-state index in [4.69, 9.17) is 0 Å². The average Bonchev–Trinajstić information content (AvgIpc) is 2.95. The van der Waals surface area contributed by atoms with Crippen molar-refractivity contribution in [3.8, 4) is 0 Å². The second kappa shape index (κ2) is 6.31. The zero-order valence-corrected chi connectivity index (χ0v) is 13.1. The number of nitrogens with one attached hydrogen (secondary N) is 1. The molecule has 0 radical (unpaired) electrons. The molecule has 1 fully saturated rings. The highest BCUT2D eigenvalue weighted by molar-refractivity contribution is 7.14. The van der Waals surface area contributed by atoms with Crippen molar-refractivity contribution in [1.82, 2.24) is 0 Å². The van der Waals surface area contributed by atoms with Crippen LogP contribution in [0.15, 0.2) is 36.4 Å². The van der Waals surface area contributed by atoms with Crippen LogP contribution in [0.2, 0.25) is 0 Å². The van der Waals surface area contributed by atoms with E-state index in [0.717, 1.165) is 34.2 Å². The molecule has 4 heteroatoms. The van der Waals surface area contributed by atoms with Crippen LogP contribution in [0.4, 0.5) is 11.4 Å². The molecule has 1 aromatic carbocycles. The molecule has 2 aromatic rings. The SMILES string of the molecule is Cc1ccc(C(=O)Nc2ccccc2N2CCCCC2)s1. The number of piperidine rings is 1. The summed E-state index contributed by atoms with van der Waals surface area (Å²) in [6.45, 7) is 4.17. The van der Waals surface area contributed by atoms with Gasteiger partial charge in [0.1, 0.15) is 0 Å². The monoisotopic (exact) mass is 300 g/mol. The predicted molar refractivity (Wildman–Crippen MR) is 89.5 cm³/mol. The third-order valence-corrected chi connectivity index (χ3v) is 4.81. The van der Waals surface area contributed by atoms with E-state index in [-0.39, 0.29) is 5.91 Å². The first-order valence-electron chi connectivity index (χ1n) is 7.46. The number of rotatable bonds is 3. The third-order valence-electron chi connectivity index (χ3n) is 3.81. The lowest BCUT2D eigenvalue weighted by atomic mass is 10.1. The number of nitrogens with zero attached hydrogens (tertiary/aromatic N) is 1. The average molecular weight is 300 g/mol. The maximum Gasteiger partial charge on any atom is 0.265 e. The van der Waals surface area contributed by atoms with E-state index >= 15 is 0 Å². The van der Waals surface area contributed by atoms with E-state index < -0.39 is 0 Å². The van der Waals surface area contributed by atoms with Gasteiger partial charge in [-0.3, -0.25) is 4.79 Å². The van der Waals surface area contributed by atoms with Crippen LogP contribution in [0.1, 0.15) is 33.8 Å². The minimum Gasteiger partial charge on any atom is -0.370 e. The fraction of sp³-hybridized carbons (Fsp3) is 0.353. The Hall–Kier alpha value is -1.81. The summed E-state index contributed by atoms with van der Waals surface area (Å²) in [4.78, 5) is 16.6. The van der Waals surface area contributed by atoms with Gasteiger partial charge in [-0.05, 0) is 50.5 Å². The van der Waals surface area contributed by atoms with Gasteiger partial charge in [0, 0.05) is 18.0 Å². The highest BCUT2D eigenvalue weighted by Gasteiger charge is 2.16. The molecule has 0 aliphatic carbocycles. The summed E-state index contributed by atoms with van der Waals surface area (Å²) in [6.07, 6.45) is 3.76. The fourth-order valence-corrected chi connectivity index (χ4v) is 3.49. The van der Waals surface area contributed by atoms with E-state index in [1.54, 1.807) is 0 Å². The Balaban J connectivity index is 1.80. The van der Waals surface area contributed by atoms with Crippen LogP contribution in [-0.2, 0) is 0 Å². The Bertz CT molecular complexity index is 629. The predicted octanol–water partition coefficient (Wildman–Crippen LogP) is 4.30. The Labute approximate surface area is 129 Å². The lowest BCUT2D eigenvalue weighted by molar-refractivity contribution is 0.103. The Morgan fingerprint density at radius 1 is 1.10 bits per heavy atom. The first-order chi connectivity index (χ1) is 10.2. The van der Waals surface area contributed by atoms with Crippen molar-refractivity contribution in [3.63, 3.8) is 0 Å². The van der Waals surface area contributed by atoms with E-state index in [9.17, 15) is 4.79 Å². The highest BCUT2D eigenvalue weighted by Crippen LogP contribution is 2.29. The van der Waals surface area contributed by atoms with Gasteiger partial charge in [0.05, 0.1) is 16.3 Å². The van der Waals surface area contributed by atoms with Crippen molar-refractivity contribution in [2.24, 2.45) is 0 Å². The standard InChI is InChI=1S/C17H20N2OS/c1-13-9-10-16(21-13)17(20)18-14-7-3-4-8-15(14)19-11-5-2-6-12-19/h3-4,7-10H,2,5-6,11-12H2,1H3,(H,18,20). The fourth-order valence-electron chi connectivity index (χ4n) is 2.73. The van der Waals surface area contributed by atoms with Gasteiger partial charge in [0.25, 0.3) is 5.91 Å². The maximum absolute atomic E-state index is 12.3. The van der Waals surface area contributed by atoms with Crippen LogP contribution < -0.4 is 10.2 Å². The summed E-state index contributed by atoms with van der Waals surface area (Å²) in [5.41, 5.74) is 2.05.